The number of nitrogens with one attached hydrogen (secondary N) is 1. The summed E-state index contributed by atoms with van der Waals surface area (Å²) < 4.78 is 0. The summed E-state index contributed by atoms with van der Waals surface area (Å²) in [4.78, 5) is 1.33. The largest absolute Gasteiger partial charge is 0.389 e. The van der Waals surface area contributed by atoms with Crippen molar-refractivity contribution in [2.75, 3.05) is 12.3 Å². The lowest BCUT2D eigenvalue weighted by Gasteiger charge is -2.30. The minimum absolute atomic E-state index is 0.333. The van der Waals surface area contributed by atoms with Gasteiger partial charge in [-0.15, -0.1) is 11.8 Å². The standard InChI is InChI=1S/C15H20ClNOS/c16-11-3-4-14-12(9-11)13(5-8-19-14)17-10-15(18)6-1-2-7-15/h3-4,9,13,17-18H,1-2,5-8,10H2. The fourth-order valence-corrected chi connectivity index (χ4v) is 4.39. The number of hydrogen-bond donors (Lipinski definition) is 2. The molecule has 1 aromatic rings. The summed E-state index contributed by atoms with van der Waals surface area (Å²) in [5.41, 5.74) is 0.814. The third-order valence-electron chi connectivity index (χ3n) is 4.22. The van der Waals surface area contributed by atoms with Gasteiger partial charge in [0.15, 0.2) is 0 Å². The van der Waals surface area contributed by atoms with Crippen LogP contribution in [0.2, 0.25) is 5.02 Å². The van der Waals surface area contributed by atoms with E-state index in [9.17, 15) is 5.11 Å². The third-order valence-corrected chi connectivity index (χ3v) is 5.58. The van der Waals surface area contributed by atoms with E-state index >= 15 is 0 Å². The average Bonchev–Trinajstić information content (AvgIpc) is 2.84. The first-order chi connectivity index (χ1) is 9.16. The summed E-state index contributed by atoms with van der Waals surface area (Å²) in [6, 6.07) is 6.47. The maximum absolute atomic E-state index is 10.4. The van der Waals surface area contributed by atoms with Gasteiger partial charge in [0.1, 0.15) is 0 Å². The van der Waals surface area contributed by atoms with Crippen LogP contribution < -0.4 is 5.32 Å². The van der Waals surface area contributed by atoms with E-state index in [0.717, 1.165) is 42.9 Å². The first-order valence-electron chi connectivity index (χ1n) is 7.04. The molecular weight excluding hydrogens is 278 g/mol. The Balaban J connectivity index is 1.71. The Bertz CT molecular complexity index is 459. The van der Waals surface area contributed by atoms with Gasteiger partial charge in [-0.05, 0) is 48.8 Å². The zero-order valence-corrected chi connectivity index (χ0v) is 12.6. The summed E-state index contributed by atoms with van der Waals surface area (Å²) in [7, 11) is 0. The number of hydrogen-bond acceptors (Lipinski definition) is 3. The summed E-state index contributed by atoms with van der Waals surface area (Å²) in [5, 5.41) is 14.8. The first kappa shape index (κ1) is 13.7. The van der Waals surface area contributed by atoms with Crippen molar-refractivity contribution in [3.8, 4) is 0 Å². The molecule has 1 aliphatic carbocycles. The monoisotopic (exact) mass is 297 g/mol. The van der Waals surface area contributed by atoms with E-state index in [2.05, 4.69) is 17.4 Å². The van der Waals surface area contributed by atoms with Crippen LogP contribution in [0, 0.1) is 0 Å². The summed E-state index contributed by atoms with van der Waals surface area (Å²) in [6.45, 7) is 0.703. The molecule has 2 nitrogen and oxygen atoms in total. The second-order valence-electron chi connectivity index (χ2n) is 5.68. The van der Waals surface area contributed by atoms with E-state index in [1.807, 2.05) is 17.8 Å². The molecule has 1 aliphatic heterocycles. The van der Waals surface area contributed by atoms with Crippen molar-refractivity contribution in [3.63, 3.8) is 0 Å². The number of aliphatic hydroxyl groups is 1. The van der Waals surface area contributed by atoms with Crippen LogP contribution in [0.5, 0.6) is 0 Å². The van der Waals surface area contributed by atoms with E-state index in [4.69, 9.17) is 11.6 Å². The van der Waals surface area contributed by atoms with Crippen LogP contribution in [0.4, 0.5) is 0 Å². The molecule has 2 N–H and O–H groups in total. The fraction of sp³-hybridized carbons (Fsp3) is 0.600. The Kier molecular flexibility index (Phi) is 4.08. The molecule has 0 spiro atoms. The van der Waals surface area contributed by atoms with Crippen molar-refractivity contribution in [3.05, 3.63) is 28.8 Å². The number of benzene rings is 1. The Hall–Kier alpha value is -0.220. The molecule has 0 radical (unpaired) electrons. The highest BCUT2D eigenvalue weighted by molar-refractivity contribution is 7.99. The van der Waals surface area contributed by atoms with Crippen LogP contribution in [0.3, 0.4) is 0 Å². The maximum atomic E-state index is 10.4. The van der Waals surface area contributed by atoms with E-state index in [-0.39, 0.29) is 0 Å². The van der Waals surface area contributed by atoms with E-state index in [1.54, 1.807) is 0 Å². The van der Waals surface area contributed by atoms with Crippen LogP contribution in [0.25, 0.3) is 0 Å². The van der Waals surface area contributed by atoms with Gasteiger partial charge >= 0.3 is 0 Å². The van der Waals surface area contributed by atoms with Gasteiger partial charge in [-0.1, -0.05) is 24.4 Å². The molecule has 1 fully saturated rings. The van der Waals surface area contributed by atoms with Gasteiger partial charge in [0.05, 0.1) is 5.60 Å². The van der Waals surface area contributed by atoms with Gasteiger partial charge in [-0.25, -0.2) is 0 Å². The molecule has 1 saturated carbocycles. The fourth-order valence-electron chi connectivity index (χ4n) is 3.10. The lowest BCUT2D eigenvalue weighted by molar-refractivity contribution is 0.0445. The van der Waals surface area contributed by atoms with Crippen LogP contribution in [-0.4, -0.2) is 23.0 Å². The smallest absolute Gasteiger partial charge is 0.0771 e. The van der Waals surface area contributed by atoms with Crippen molar-refractivity contribution >= 4 is 23.4 Å². The molecule has 0 bridgehead atoms. The Labute approximate surface area is 123 Å². The SMILES string of the molecule is OC1(CNC2CCSc3ccc(Cl)cc32)CCCC1. The molecule has 3 rings (SSSR count). The van der Waals surface area contributed by atoms with Crippen molar-refractivity contribution in [2.24, 2.45) is 0 Å². The topological polar surface area (TPSA) is 32.3 Å². The Morgan fingerprint density at radius 2 is 2.16 bits per heavy atom. The van der Waals surface area contributed by atoms with Crippen LogP contribution in [0.15, 0.2) is 23.1 Å². The lowest BCUT2D eigenvalue weighted by atomic mass is 9.99. The van der Waals surface area contributed by atoms with Gasteiger partial charge in [0.2, 0.25) is 0 Å². The first-order valence-corrected chi connectivity index (χ1v) is 8.41. The highest BCUT2D eigenvalue weighted by Gasteiger charge is 2.32. The summed E-state index contributed by atoms with van der Waals surface area (Å²) >= 11 is 8.01. The summed E-state index contributed by atoms with van der Waals surface area (Å²) in [5.74, 6) is 1.13. The summed E-state index contributed by atoms with van der Waals surface area (Å²) in [6.07, 6.45) is 5.28. The molecule has 0 saturated heterocycles. The zero-order valence-electron chi connectivity index (χ0n) is 11.0. The normalized spacial score (nSPS) is 25.3. The molecule has 104 valence electrons. The predicted octanol–water partition coefficient (Wildman–Crippen LogP) is 3.77. The van der Waals surface area contributed by atoms with Gasteiger partial charge in [0, 0.05) is 22.5 Å². The van der Waals surface area contributed by atoms with Gasteiger partial charge < -0.3 is 10.4 Å². The lowest BCUT2D eigenvalue weighted by Crippen LogP contribution is -2.40. The molecule has 4 heteroatoms. The molecule has 2 aliphatic rings. The van der Waals surface area contributed by atoms with E-state index < -0.39 is 5.60 Å². The van der Waals surface area contributed by atoms with Crippen LogP contribution in [0.1, 0.15) is 43.7 Å². The van der Waals surface area contributed by atoms with Crippen molar-refractivity contribution in [1.82, 2.24) is 5.32 Å². The molecule has 0 aromatic heterocycles. The van der Waals surface area contributed by atoms with Crippen molar-refractivity contribution in [1.29, 1.82) is 0 Å². The van der Waals surface area contributed by atoms with E-state index in [1.165, 1.54) is 10.5 Å². The van der Waals surface area contributed by atoms with Gasteiger partial charge in [0.25, 0.3) is 0 Å². The zero-order chi connectivity index (χ0) is 13.3. The second kappa shape index (κ2) is 5.65. The predicted molar refractivity (Wildman–Crippen MR) is 81.0 cm³/mol. The molecule has 1 unspecified atom stereocenters. The molecule has 1 heterocycles. The van der Waals surface area contributed by atoms with Gasteiger partial charge in [-0.2, -0.15) is 0 Å². The molecular formula is C15H20ClNOS. The molecule has 1 aromatic carbocycles. The highest BCUT2D eigenvalue weighted by atomic mass is 35.5. The Morgan fingerprint density at radius 3 is 2.95 bits per heavy atom. The minimum Gasteiger partial charge on any atom is -0.389 e. The molecule has 0 amide bonds. The molecule has 1 atom stereocenters. The maximum Gasteiger partial charge on any atom is 0.0771 e. The third kappa shape index (κ3) is 3.10. The highest BCUT2D eigenvalue weighted by Crippen LogP contribution is 2.38. The van der Waals surface area contributed by atoms with Crippen molar-refractivity contribution < 1.29 is 5.11 Å². The quantitative estimate of drug-likeness (QED) is 0.891. The number of fused-ring (bicyclic) bond motifs is 1. The minimum atomic E-state index is -0.483. The number of rotatable bonds is 3. The van der Waals surface area contributed by atoms with Crippen LogP contribution in [-0.2, 0) is 0 Å². The molecule has 19 heavy (non-hydrogen) atoms. The van der Waals surface area contributed by atoms with Crippen LogP contribution >= 0.6 is 23.4 Å². The van der Waals surface area contributed by atoms with E-state index in [0.29, 0.717) is 12.6 Å². The second-order valence-corrected chi connectivity index (χ2v) is 7.26. The number of thioether (sulfide) groups is 1. The van der Waals surface area contributed by atoms with Gasteiger partial charge in [-0.3, -0.25) is 0 Å². The Morgan fingerprint density at radius 1 is 1.37 bits per heavy atom. The average molecular weight is 298 g/mol. The van der Waals surface area contributed by atoms with Crippen molar-refractivity contribution in [2.45, 2.75) is 48.6 Å². The number of halogens is 1.